The maximum absolute atomic E-state index is 12.9. The molecule has 0 aliphatic carbocycles. The van der Waals surface area contributed by atoms with Gasteiger partial charge in [0.05, 0.1) is 5.56 Å². The van der Waals surface area contributed by atoms with Gasteiger partial charge in [-0.25, -0.2) is 4.98 Å². The number of hydrogen-bond donors (Lipinski definition) is 0. The Morgan fingerprint density at radius 2 is 1.86 bits per heavy atom. The van der Waals surface area contributed by atoms with Crippen molar-refractivity contribution in [3.8, 4) is 11.6 Å². The van der Waals surface area contributed by atoms with Crippen molar-refractivity contribution < 1.29 is 17.9 Å². The minimum Gasteiger partial charge on any atom is -0.439 e. The fraction of sp³-hybridized carbons (Fsp3) is 0.238. The van der Waals surface area contributed by atoms with Crippen LogP contribution in [-0.4, -0.2) is 9.97 Å². The molecule has 0 bridgehead atoms. The molecule has 0 N–H and O–H groups in total. The van der Waals surface area contributed by atoms with Crippen LogP contribution in [0.2, 0.25) is 5.02 Å². The van der Waals surface area contributed by atoms with Crippen LogP contribution in [-0.2, 0) is 18.3 Å². The first-order valence-corrected chi connectivity index (χ1v) is 10.2. The number of ether oxygens (including phenoxy) is 1. The van der Waals surface area contributed by atoms with Gasteiger partial charge in [0.1, 0.15) is 5.75 Å². The maximum Gasteiger partial charge on any atom is 0.416 e. The first-order chi connectivity index (χ1) is 13.7. The van der Waals surface area contributed by atoms with Crippen LogP contribution in [0.15, 0.2) is 53.7 Å². The van der Waals surface area contributed by atoms with Crippen molar-refractivity contribution in [1.29, 1.82) is 0 Å². The summed E-state index contributed by atoms with van der Waals surface area (Å²) in [4.78, 5) is 8.83. The second-order valence-electron chi connectivity index (χ2n) is 6.33. The monoisotopic (exact) mass is 438 g/mol. The van der Waals surface area contributed by atoms with Crippen molar-refractivity contribution in [2.45, 2.75) is 37.4 Å². The molecule has 3 nitrogen and oxygen atoms in total. The van der Waals surface area contributed by atoms with Crippen molar-refractivity contribution in [2.24, 2.45) is 0 Å². The lowest BCUT2D eigenvalue weighted by Gasteiger charge is -2.10. The Balaban J connectivity index is 1.77. The lowest BCUT2D eigenvalue weighted by molar-refractivity contribution is -0.137. The summed E-state index contributed by atoms with van der Waals surface area (Å²) < 4.78 is 44.5. The van der Waals surface area contributed by atoms with Crippen LogP contribution in [0.1, 0.15) is 29.3 Å². The molecule has 1 heterocycles. The van der Waals surface area contributed by atoms with Crippen molar-refractivity contribution in [3.05, 3.63) is 75.9 Å². The first-order valence-electron chi connectivity index (χ1n) is 8.85. The van der Waals surface area contributed by atoms with E-state index in [-0.39, 0.29) is 0 Å². The number of hydrogen-bond acceptors (Lipinski definition) is 4. The van der Waals surface area contributed by atoms with Gasteiger partial charge < -0.3 is 4.74 Å². The van der Waals surface area contributed by atoms with Crippen LogP contribution in [0.25, 0.3) is 0 Å². The Bertz CT molecular complexity index is 1010. The molecule has 0 saturated heterocycles. The van der Waals surface area contributed by atoms with Crippen LogP contribution < -0.4 is 4.74 Å². The molecular formula is C21H18ClF3N2OS. The number of aromatic nitrogens is 2. The molecule has 0 fully saturated rings. The average molecular weight is 439 g/mol. The van der Waals surface area contributed by atoms with Crippen LogP contribution in [0.3, 0.4) is 0 Å². The Labute approximate surface area is 176 Å². The number of thioether (sulfide) groups is 1. The van der Waals surface area contributed by atoms with Crippen molar-refractivity contribution in [2.75, 3.05) is 0 Å². The van der Waals surface area contributed by atoms with Crippen LogP contribution >= 0.6 is 23.4 Å². The highest BCUT2D eigenvalue weighted by molar-refractivity contribution is 7.98. The molecule has 3 aromatic rings. The molecule has 0 atom stereocenters. The van der Waals surface area contributed by atoms with E-state index < -0.39 is 11.7 Å². The lowest BCUT2D eigenvalue weighted by Crippen LogP contribution is -2.05. The van der Waals surface area contributed by atoms with E-state index in [9.17, 15) is 13.2 Å². The van der Waals surface area contributed by atoms with Crippen molar-refractivity contribution in [1.82, 2.24) is 9.97 Å². The molecule has 0 aliphatic heterocycles. The number of benzene rings is 2. The molecule has 152 valence electrons. The molecule has 2 aromatic carbocycles. The standard InChI is InChI=1S/C21H18ClF3N2OS/c1-3-16-11-19(28-17-7-8-18(22)13(2)9-17)27-20(26-16)29-12-14-5-4-6-15(10-14)21(23,24)25/h4-11H,3,12H2,1-2H3. The summed E-state index contributed by atoms with van der Waals surface area (Å²) in [6.45, 7) is 3.84. The molecule has 1 aromatic heterocycles. The van der Waals surface area contributed by atoms with Crippen LogP contribution in [0.4, 0.5) is 13.2 Å². The zero-order chi connectivity index (χ0) is 21.0. The second kappa shape index (κ2) is 9.05. The van der Waals surface area contributed by atoms with Gasteiger partial charge in [-0.2, -0.15) is 18.2 Å². The number of rotatable bonds is 6. The van der Waals surface area contributed by atoms with Gasteiger partial charge in [0.2, 0.25) is 5.88 Å². The Hall–Kier alpha value is -2.25. The van der Waals surface area contributed by atoms with E-state index in [0.29, 0.717) is 39.5 Å². The van der Waals surface area contributed by atoms with Crippen molar-refractivity contribution in [3.63, 3.8) is 0 Å². The topological polar surface area (TPSA) is 35.0 Å². The first kappa shape index (κ1) is 21.5. The normalized spacial score (nSPS) is 11.5. The molecule has 0 aliphatic rings. The van der Waals surface area contributed by atoms with Gasteiger partial charge in [0.25, 0.3) is 0 Å². The van der Waals surface area contributed by atoms with E-state index in [4.69, 9.17) is 16.3 Å². The predicted octanol–water partition coefficient (Wildman–Crippen LogP) is 7.10. The lowest BCUT2D eigenvalue weighted by atomic mass is 10.1. The summed E-state index contributed by atoms with van der Waals surface area (Å²) in [7, 11) is 0. The van der Waals surface area contributed by atoms with Gasteiger partial charge in [-0.15, -0.1) is 0 Å². The van der Waals surface area contributed by atoms with Crippen molar-refractivity contribution >= 4 is 23.4 Å². The van der Waals surface area contributed by atoms with Crippen LogP contribution in [0, 0.1) is 6.92 Å². The fourth-order valence-electron chi connectivity index (χ4n) is 2.53. The van der Waals surface area contributed by atoms with E-state index in [2.05, 4.69) is 9.97 Å². The highest BCUT2D eigenvalue weighted by Crippen LogP contribution is 2.31. The summed E-state index contributed by atoms with van der Waals surface area (Å²) in [5.74, 6) is 1.29. The molecule has 3 rings (SSSR count). The number of alkyl halides is 3. The summed E-state index contributed by atoms with van der Waals surface area (Å²) in [6.07, 6.45) is -3.69. The number of aryl methyl sites for hydroxylation is 2. The molecule has 8 heteroatoms. The van der Waals surface area contributed by atoms with E-state index in [1.165, 1.54) is 17.8 Å². The Kier molecular flexibility index (Phi) is 6.70. The fourth-order valence-corrected chi connectivity index (χ4v) is 3.46. The summed E-state index contributed by atoms with van der Waals surface area (Å²) in [5, 5.41) is 1.09. The predicted molar refractivity (Wildman–Crippen MR) is 109 cm³/mol. The molecule has 0 spiro atoms. The van der Waals surface area contributed by atoms with E-state index >= 15 is 0 Å². The third kappa shape index (κ3) is 5.87. The third-order valence-corrected chi connectivity index (χ3v) is 5.41. The minimum atomic E-state index is -4.36. The smallest absolute Gasteiger partial charge is 0.416 e. The van der Waals surface area contributed by atoms with Gasteiger partial charge >= 0.3 is 6.18 Å². The molecular weight excluding hydrogens is 421 g/mol. The van der Waals surface area contributed by atoms with E-state index in [1.807, 2.05) is 19.9 Å². The summed E-state index contributed by atoms with van der Waals surface area (Å²) in [6, 6.07) is 12.3. The van der Waals surface area contributed by atoms with E-state index in [1.54, 1.807) is 24.3 Å². The van der Waals surface area contributed by atoms with Gasteiger partial charge in [-0.1, -0.05) is 48.5 Å². The minimum absolute atomic E-state index is 0.316. The SMILES string of the molecule is CCc1cc(Oc2ccc(Cl)c(C)c2)nc(SCc2cccc(C(F)(F)F)c2)n1. The third-order valence-electron chi connectivity index (χ3n) is 4.07. The van der Waals surface area contributed by atoms with Gasteiger partial charge in [0.15, 0.2) is 5.16 Å². The summed E-state index contributed by atoms with van der Waals surface area (Å²) in [5.41, 5.74) is 1.55. The van der Waals surface area contributed by atoms with Gasteiger partial charge in [0, 0.05) is 22.5 Å². The molecule has 0 saturated carbocycles. The number of nitrogens with zero attached hydrogens (tertiary/aromatic N) is 2. The highest BCUT2D eigenvalue weighted by Gasteiger charge is 2.30. The van der Waals surface area contributed by atoms with E-state index in [0.717, 1.165) is 23.4 Å². The van der Waals surface area contributed by atoms with Gasteiger partial charge in [-0.05, 0) is 48.7 Å². The Morgan fingerprint density at radius 3 is 2.55 bits per heavy atom. The maximum atomic E-state index is 12.9. The molecule has 0 amide bonds. The van der Waals surface area contributed by atoms with Crippen LogP contribution in [0.5, 0.6) is 11.6 Å². The number of halogens is 4. The van der Waals surface area contributed by atoms with Gasteiger partial charge in [-0.3, -0.25) is 0 Å². The largest absolute Gasteiger partial charge is 0.439 e. The average Bonchev–Trinajstić information content (AvgIpc) is 2.68. The zero-order valence-corrected chi connectivity index (χ0v) is 17.3. The molecule has 0 unspecified atom stereocenters. The second-order valence-corrected chi connectivity index (χ2v) is 7.68. The summed E-state index contributed by atoms with van der Waals surface area (Å²) >= 11 is 7.30. The quantitative estimate of drug-likeness (QED) is 0.303. The zero-order valence-electron chi connectivity index (χ0n) is 15.8. The molecule has 0 radical (unpaired) electrons. The Morgan fingerprint density at radius 1 is 1.07 bits per heavy atom. The highest BCUT2D eigenvalue weighted by atomic mass is 35.5. The molecule has 29 heavy (non-hydrogen) atoms.